The van der Waals surface area contributed by atoms with Crippen LogP contribution in [0.2, 0.25) is 0 Å². The Morgan fingerprint density at radius 2 is 1.86 bits per heavy atom. The summed E-state index contributed by atoms with van der Waals surface area (Å²) in [4.78, 5) is 24.6. The van der Waals surface area contributed by atoms with Gasteiger partial charge in [0.2, 0.25) is 0 Å². The molecule has 0 heterocycles. The Labute approximate surface area is 131 Å². The van der Waals surface area contributed by atoms with Gasteiger partial charge >= 0.3 is 5.97 Å². The number of esters is 1. The fourth-order valence-corrected chi connectivity index (χ4v) is 2.76. The van der Waals surface area contributed by atoms with E-state index in [4.69, 9.17) is 9.47 Å². The van der Waals surface area contributed by atoms with E-state index in [0.717, 1.165) is 11.1 Å². The van der Waals surface area contributed by atoms with Gasteiger partial charge in [-0.05, 0) is 26.3 Å². The number of rotatable bonds is 5. The van der Waals surface area contributed by atoms with E-state index in [1.165, 1.54) is 6.08 Å². The molecule has 0 aliphatic heterocycles. The number of allylic oxidation sites excluding steroid dienone is 2. The van der Waals surface area contributed by atoms with Crippen molar-refractivity contribution in [2.75, 3.05) is 13.2 Å². The molecule has 0 spiro atoms. The lowest BCUT2D eigenvalue weighted by molar-refractivity contribution is -0.152. The molecule has 4 heteroatoms. The molecule has 2 atom stereocenters. The van der Waals surface area contributed by atoms with Crippen LogP contribution in [0.1, 0.15) is 37.3 Å². The quantitative estimate of drug-likeness (QED) is 0.619. The standard InChI is InChI=1S/C18H22O4/c1-4-21-14-10-15(13-8-6-12(3)7-9-13)17(16(19)11-14)18(20)22-5-2/h6-9,11,15,17H,4-5,10H2,1-3H3. The van der Waals surface area contributed by atoms with Gasteiger partial charge in [0, 0.05) is 18.4 Å². The number of ether oxygens (including phenoxy) is 2. The maximum absolute atomic E-state index is 12.4. The first kappa shape index (κ1) is 16.3. The van der Waals surface area contributed by atoms with E-state index in [1.807, 2.05) is 38.1 Å². The van der Waals surface area contributed by atoms with Crippen LogP contribution >= 0.6 is 0 Å². The van der Waals surface area contributed by atoms with Gasteiger partial charge in [0.15, 0.2) is 5.78 Å². The Morgan fingerprint density at radius 1 is 1.18 bits per heavy atom. The lowest BCUT2D eigenvalue weighted by Gasteiger charge is -2.29. The van der Waals surface area contributed by atoms with E-state index in [0.29, 0.717) is 18.8 Å². The van der Waals surface area contributed by atoms with E-state index in [1.54, 1.807) is 6.92 Å². The average molecular weight is 302 g/mol. The summed E-state index contributed by atoms with van der Waals surface area (Å²) in [5, 5.41) is 0. The SMILES string of the molecule is CCOC(=O)C1C(=O)C=C(OCC)CC1c1ccc(C)cc1. The van der Waals surface area contributed by atoms with E-state index < -0.39 is 11.9 Å². The molecule has 0 N–H and O–H groups in total. The summed E-state index contributed by atoms with van der Waals surface area (Å²) in [5.74, 6) is -1.08. The van der Waals surface area contributed by atoms with Gasteiger partial charge in [-0.15, -0.1) is 0 Å². The van der Waals surface area contributed by atoms with E-state index in [2.05, 4.69) is 0 Å². The first-order valence-corrected chi connectivity index (χ1v) is 7.67. The Hall–Kier alpha value is -2.10. The molecule has 0 amide bonds. The van der Waals surface area contributed by atoms with Crippen molar-refractivity contribution >= 4 is 11.8 Å². The third-order valence-corrected chi connectivity index (χ3v) is 3.81. The van der Waals surface area contributed by atoms with Crippen LogP contribution in [0.4, 0.5) is 0 Å². The summed E-state index contributed by atoms with van der Waals surface area (Å²) in [5.41, 5.74) is 2.10. The maximum atomic E-state index is 12.4. The van der Waals surface area contributed by atoms with Crippen LogP contribution in [-0.4, -0.2) is 25.0 Å². The van der Waals surface area contributed by atoms with Gasteiger partial charge < -0.3 is 9.47 Å². The zero-order chi connectivity index (χ0) is 16.1. The van der Waals surface area contributed by atoms with Crippen molar-refractivity contribution < 1.29 is 19.1 Å². The molecular formula is C18H22O4. The molecule has 0 saturated heterocycles. The molecule has 1 aromatic rings. The highest BCUT2D eigenvalue weighted by atomic mass is 16.5. The summed E-state index contributed by atoms with van der Waals surface area (Å²) < 4.78 is 10.6. The Balaban J connectivity index is 2.36. The second kappa shape index (κ2) is 7.25. The molecule has 0 aromatic heterocycles. The maximum Gasteiger partial charge on any atom is 0.317 e. The van der Waals surface area contributed by atoms with Crippen molar-refractivity contribution in [1.29, 1.82) is 0 Å². The highest BCUT2D eigenvalue weighted by Crippen LogP contribution is 2.37. The molecule has 2 unspecified atom stereocenters. The minimum absolute atomic E-state index is 0.237. The second-order valence-corrected chi connectivity index (χ2v) is 5.40. The van der Waals surface area contributed by atoms with Crippen molar-refractivity contribution in [3.63, 3.8) is 0 Å². The Bertz CT molecular complexity index is 571. The summed E-state index contributed by atoms with van der Waals surface area (Å²) in [7, 11) is 0. The monoisotopic (exact) mass is 302 g/mol. The highest BCUT2D eigenvalue weighted by molar-refractivity contribution is 6.06. The van der Waals surface area contributed by atoms with Gasteiger partial charge in [-0.1, -0.05) is 29.8 Å². The molecule has 2 rings (SSSR count). The third kappa shape index (κ3) is 3.56. The molecule has 1 aliphatic rings. The fraction of sp³-hybridized carbons (Fsp3) is 0.444. The largest absolute Gasteiger partial charge is 0.498 e. The number of carbonyl (C=O) groups is 2. The fourth-order valence-electron chi connectivity index (χ4n) is 2.76. The molecule has 4 nitrogen and oxygen atoms in total. The zero-order valence-corrected chi connectivity index (χ0v) is 13.3. The van der Waals surface area contributed by atoms with Gasteiger partial charge in [0.1, 0.15) is 11.7 Å². The normalized spacial score (nSPS) is 21.2. The Kier molecular flexibility index (Phi) is 5.36. The van der Waals surface area contributed by atoms with Crippen LogP contribution in [0, 0.1) is 12.8 Å². The molecular weight excluding hydrogens is 280 g/mol. The van der Waals surface area contributed by atoms with Crippen LogP contribution in [-0.2, 0) is 19.1 Å². The van der Waals surface area contributed by atoms with Gasteiger partial charge in [0.25, 0.3) is 0 Å². The predicted octanol–water partition coefficient (Wildman–Crippen LogP) is 3.15. The van der Waals surface area contributed by atoms with Crippen molar-refractivity contribution in [1.82, 2.24) is 0 Å². The molecule has 0 fully saturated rings. The predicted molar refractivity (Wildman–Crippen MR) is 83.4 cm³/mol. The number of ketones is 1. The smallest absolute Gasteiger partial charge is 0.317 e. The number of hydrogen-bond acceptors (Lipinski definition) is 4. The summed E-state index contributed by atoms with van der Waals surface area (Å²) in [6.07, 6.45) is 1.97. The number of carbonyl (C=O) groups excluding carboxylic acids is 2. The lowest BCUT2D eigenvalue weighted by Crippen LogP contribution is -2.34. The van der Waals surface area contributed by atoms with Gasteiger partial charge in [-0.3, -0.25) is 9.59 Å². The van der Waals surface area contributed by atoms with E-state index in [9.17, 15) is 9.59 Å². The third-order valence-electron chi connectivity index (χ3n) is 3.81. The summed E-state index contributed by atoms with van der Waals surface area (Å²) >= 11 is 0. The van der Waals surface area contributed by atoms with Crippen molar-refractivity contribution in [2.45, 2.75) is 33.1 Å². The number of benzene rings is 1. The number of aryl methyl sites for hydroxylation is 1. The first-order chi connectivity index (χ1) is 10.6. The lowest BCUT2D eigenvalue weighted by atomic mass is 9.77. The van der Waals surface area contributed by atoms with E-state index >= 15 is 0 Å². The van der Waals surface area contributed by atoms with Crippen LogP contribution in [0.25, 0.3) is 0 Å². The number of hydrogen-bond donors (Lipinski definition) is 0. The van der Waals surface area contributed by atoms with Crippen molar-refractivity contribution in [3.05, 3.63) is 47.2 Å². The molecule has 1 aliphatic carbocycles. The minimum Gasteiger partial charge on any atom is -0.498 e. The second-order valence-electron chi connectivity index (χ2n) is 5.40. The van der Waals surface area contributed by atoms with Crippen LogP contribution in [0.5, 0.6) is 0 Å². The molecule has 22 heavy (non-hydrogen) atoms. The zero-order valence-electron chi connectivity index (χ0n) is 13.3. The van der Waals surface area contributed by atoms with Gasteiger partial charge in [-0.2, -0.15) is 0 Å². The minimum atomic E-state index is -0.785. The Morgan fingerprint density at radius 3 is 2.45 bits per heavy atom. The van der Waals surface area contributed by atoms with Gasteiger partial charge in [0.05, 0.1) is 13.2 Å². The molecule has 118 valence electrons. The van der Waals surface area contributed by atoms with Gasteiger partial charge in [-0.25, -0.2) is 0 Å². The van der Waals surface area contributed by atoms with Crippen molar-refractivity contribution in [3.8, 4) is 0 Å². The van der Waals surface area contributed by atoms with Crippen LogP contribution in [0.15, 0.2) is 36.1 Å². The molecule has 1 aromatic carbocycles. The summed E-state index contributed by atoms with van der Waals surface area (Å²) in [6.45, 7) is 6.40. The molecule has 0 radical (unpaired) electrons. The molecule has 0 bridgehead atoms. The van der Waals surface area contributed by atoms with Crippen molar-refractivity contribution in [2.24, 2.45) is 5.92 Å². The van der Waals surface area contributed by atoms with Crippen LogP contribution < -0.4 is 0 Å². The highest BCUT2D eigenvalue weighted by Gasteiger charge is 2.40. The van der Waals surface area contributed by atoms with Crippen LogP contribution in [0.3, 0.4) is 0 Å². The molecule has 0 saturated carbocycles. The summed E-state index contributed by atoms with van der Waals surface area (Å²) in [6, 6.07) is 7.91. The average Bonchev–Trinajstić information content (AvgIpc) is 2.48. The topological polar surface area (TPSA) is 52.6 Å². The first-order valence-electron chi connectivity index (χ1n) is 7.67. The van der Waals surface area contributed by atoms with E-state index in [-0.39, 0.29) is 18.3 Å².